The first-order chi connectivity index (χ1) is 8.09. The average Bonchev–Trinajstić information content (AvgIpc) is 2.67. The summed E-state index contributed by atoms with van der Waals surface area (Å²) in [7, 11) is 0. The van der Waals surface area contributed by atoms with Gasteiger partial charge in [0.1, 0.15) is 12.4 Å². The minimum absolute atomic E-state index is 0.0113. The number of rotatable bonds is 4. The molecule has 1 aromatic rings. The molecule has 1 aliphatic heterocycles. The smallest absolute Gasteiger partial charge is 0.119 e. The Balaban J connectivity index is 1.82. The van der Waals surface area contributed by atoms with Gasteiger partial charge in [0.15, 0.2) is 0 Å². The van der Waals surface area contributed by atoms with E-state index in [-0.39, 0.29) is 11.7 Å². The Kier molecular flexibility index (Phi) is 3.69. The zero-order chi connectivity index (χ0) is 12.3. The van der Waals surface area contributed by atoms with E-state index < -0.39 is 0 Å². The molecule has 0 bridgehead atoms. The molecule has 0 aromatic heterocycles. The van der Waals surface area contributed by atoms with Crippen molar-refractivity contribution in [1.82, 2.24) is 0 Å². The van der Waals surface area contributed by atoms with Gasteiger partial charge in [0.2, 0.25) is 0 Å². The molecule has 1 aliphatic rings. The lowest BCUT2D eigenvalue weighted by atomic mass is 10.1. The predicted molar refractivity (Wildman–Crippen MR) is 68.0 cm³/mol. The SMILES string of the molecule is CC1(C)CCC(COc2ccc(CN)cc2)O1. The zero-order valence-electron chi connectivity index (χ0n) is 10.6. The monoisotopic (exact) mass is 235 g/mol. The first-order valence-electron chi connectivity index (χ1n) is 6.19. The van der Waals surface area contributed by atoms with Crippen molar-refractivity contribution < 1.29 is 9.47 Å². The first kappa shape index (κ1) is 12.4. The first-order valence-corrected chi connectivity index (χ1v) is 6.19. The Morgan fingerprint density at radius 2 is 2.06 bits per heavy atom. The molecule has 0 aliphatic carbocycles. The molecule has 94 valence electrons. The topological polar surface area (TPSA) is 44.5 Å². The van der Waals surface area contributed by atoms with Crippen LogP contribution in [0.4, 0.5) is 0 Å². The molecule has 0 saturated carbocycles. The third-order valence-electron chi connectivity index (χ3n) is 3.15. The second-order valence-corrected chi connectivity index (χ2v) is 5.20. The molecule has 0 amide bonds. The molecule has 3 heteroatoms. The molecule has 1 atom stereocenters. The summed E-state index contributed by atoms with van der Waals surface area (Å²) in [5, 5.41) is 0. The summed E-state index contributed by atoms with van der Waals surface area (Å²) in [5.41, 5.74) is 6.67. The van der Waals surface area contributed by atoms with E-state index in [1.165, 1.54) is 0 Å². The van der Waals surface area contributed by atoms with E-state index in [2.05, 4.69) is 13.8 Å². The van der Waals surface area contributed by atoms with Crippen LogP contribution in [0, 0.1) is 0 Å². The Morgan fingerprint density at radius 3 is 2.59 bits per heavy atom. The molecule has 1 unspecified atom stereocenters. The van der Waals surface area contributed by atoms with Crippen molar-refractivity contribution >= 4 is 0 Å². The van der Waals surface area contributed by atoms with Gasteiger partial charge in [-0.15, -0.1) is 0 Å². The Labute approximate surface area is 103 Å². The predicted octanol–water partition coefficient (Wildman–Crippen LogP) is 2.48. The highest BCUT2D eigenvalue weighted by Crippen LogP contribution is 2.29. The van der Waals surface area contributed by atoms with Gasteiger partial charge in [-0.25, -0.2) is 0 Å². The lowest BCUT2D eigenvalue weighted by molar-refractivity contribution is -0.0326. The highest BCUT2D eigenvalue weighted by molar-refractivity contribution is 5.27. The number of nitrogens with two attached hydrogens (primary N) is 1. The van der Waals surface area contributed by atoms with Crippen LogP contribution in [0.3, 0.4) is 0 Å². The van der Waals surface area contributed by atoms with Crippen LogP contribution in [-0.2, 0) is 11.3 Å². The van der Waals surface area contributed by atoms with Crippen molar-refractivity contribution in [2.24, 2.45) is 5.73 Å². The maximum atomic E-state index is 5.87. The molecule has 0 radical (unpaired) electrons. The summed E-state index contributed by atoms with van der Waals surface area (Å²) in [5.74, 6) is 0.885. The highest BCUT2D eigenvalue weighted by Gasteiger charge is 2.31. The fourth-order valence-corrected chi connectivity index (χ4v) is 2.11. The number of benzene rings is 1. The van der Waals surface area contributed by atoms with Gasteiger partial charge in [0.05, 0.1) is 11.7 Å². The van der Waals surface area contributed by atoms with E-state index in [0.29, 0.717) is 13.2 Å². The van der Waals surface area contributed by atoms with E-state index in [0.717, 1.165) is 24.2 Å². The third kappa shape index (κ3) is 3.45. The quantitative estimate of drug-likeness (QED) is 0.872. The molecule has 1 fully saturated rings. The van der Waals surface area contributed by atoms with E-state index >= 15 is 0 Å². The van der Waals surface area contributed by atoms with Crippen LogP contribution in [-0.4, -0.2) is 18.3 Å². The summed E-state index contributed by atoms with van der Waals surface area (Å²) in [6.07, 6.45) is 2.40. The van der Waals surface area contributed by atoms with Crippen molar-refractivity contribution in [2.75, 3.05) is 6.61 Å². The minimum atomic E-state index is 0.0113. The summed E-state index contributed by atoms with van der Waals surface area (Å²) in [6.45, 7) is 5.46. The fourth-order valence-electron chi connectivity index (χ4n) is 2.11. The van der Waals surface area contributed by atoms with E-state index in [9.17, 15) is 0 Å². The van der Waals surface area contributed by atoms with Crippen LogP contribution in [0.2, 0.25) is 0 Å². The van der Waals surface area contributed by atoms with Crippen LogP contribution < -0.4 is 10.5 Å². The Bertz CT molecular complexity index is 359. The van der Waals surface area contributed by atoms with Crippen molar-refractivity contribution in [1.29, 1.82) is 0 Å². The average molecular weight is 235 g/mol. The number of hydrogen-bond acceptors (Lipinski definition) is 3. The summed E-state index contributed by atoms with van der Waals surface area (Å²) in [6, 6.07) is 7.91. The second-order valence-electron chi connectivity index (χ2n) is 5.20. The van der Waals surface area contributed by atoms with Gasteiger partial charge in [-0.05, 0) is 44.4 Å². The fraction of sp³-hybridized carbons (Fsp3) is 0.571. The van der Waals surface area contributed by atoms with Crippen LogP contribution in [0.15, 0.2) is 24.3 Å². The molecule has 1 heterocycles. The summed E-state index contributed by atoms with van der Waals surface area (Å²) in [4.78, 5) is 0. The molecule has 1 saturated heterocycles. The second kappa shape index (κ2) is 5.07. The maximum Gasteiger partial charge on any atom is 0.119 e. The minimum Gasteiger partial charge on any atom is -0.491 e. The zero-order valence-corrected chi connectivity index (χ0v) is 10.6. The number of hydrogen-bond donors (Lipinski definition) is 1. The van der Waals surface area contributed by atoms with Gasteiger partial charge < -0.3 is 15.2 Å². The lowest BCUT2D eigenvalue weighted by Crippen LogP contribution is -2.23. The lowest BCUT2D eigenvalue weighted by Gasteiger charge is -2.19. The summed E-state index contributed by atoms with van der Waals surface area (Å²) < 4.78 is 11.6. The molecular formula is C14H21NO2. The van der Waals surface area contributed by atoms with Crippen LogP contribution >= 0.6 is 0 Å². The van der Waals surface area contributed by atoms with Crippen LogP contribution in [0.25, 0.3) is 0 Å². The van der Waals surface area contributed by atoms with Crippen molar-refractivity contribution in [3.05, 3.63) is 29.8 Å². The molecule has 1 aromatic carbocycles. The van der Waals surface area contributed by atoms with Gasteiger partial charge in [-0.1, -0.05) is 12.1 Å². The number of ether oxygens (including phenoxy) is 2. The largest absolute Gasteiger partial charge is 0.491 e. The Hall–Kier alpha value is -1.06. The highest BCUT2D eigenvalue weighted by atomic mass is 16.6. The Morgan fingerprint density at radius 1 is 1.35 bits per heavy atom. The van der Waals surface area contributed by atoms with Gasteiger partial charge >= 0.3 is 0 Å². The van der Waals surface area contributed by atoms with Crippen molar-refractivity contribution in [2.45, 2.75) is 44.9 Å². The van der Waals surface area contributed by atoms with Crippen molar-refractivity contribution in [3.63, 3.8) is 0 Å². The van der Waals surface area contributed by atoms with Gasteiger partial charge in [0, 0.05) is 6.54 Å². The van der Waals surface area contributed by atoms with E-state index in [4.69, 9.17) is 15.2 Å². The van der Waals surface area contributed by atoms with Gasteiger partial charge in [-0.2, -0.15) is 0 Å². The maximum absolute atomic E-state index is 5.87. The molecule has 17 heavy (non-hydrogen) atoms. The molecular weight excluding hydrogens is 214 g/mol. The molecule has 3 nitrogen and oxygen atoms in total. The van der Waals surface area contributed by atoms with Crippen molar-refractivity contribution in [3.8, 4) is 5.75 Å². The molecule has 2 N–H and O–H groups in total. The van der Waals surface area contributed by atoms with E-state index in [1.807, 2.05) is 24.3 Å². The standard InChI is InChI=1S/C14H21NO2/c1-14(2)8-7-13(17-14)10-16-12-5-3-11(9-15)4-6-12/h3-6,13H,7-10,15H2,1-2H3. The van der Waals surface area contributed by atoms with Gasteiger partial charge in [0.25, 0.3) is 0 Å². The van der Waals surface area contributed by atoms with Crippen LogP contribution in [0.1, 0.15) is 32.3 Å². The van der Waals surface area contributed by atoms with Gasteiger partial charge in [-0.3, -0.25) is 0 Å². The molecule has 2 rings (SSSR count). The van der Waals surface area contributed by atoms with E-state index in [1.54, 1.807) is 0 Å². The summed E-state index contributed by atoms with van der Waals surface area (Å²) >= 11 is 0. The third-order valence-corrected chi connectivity index (χ3v) is 3.15. The molecule has 0 spiro atoms. The normalized spacial score (nSPS) is 22.6. The van der Waals surface area contributed by atoms with Crippen LogP contribution in [0.5, 0.6) is 5.75 Å².